The molecule has 11 aromatic carbocycles. The van der Waals surface area contributed by atoms with Gasteiger partial charge in [-0.3, -0.25) is 4.98 Å². The van der Waals surface area contributed by atoms with Gasteiger partial charge in [-0.1, -0.05) is 176 Å². The lowest BCUT2D eigenvalue weighted by molar-refractivity contribution is 1.18. The molecule has 2 heteroatoms. The summed E-state index contributed by atoms with van der Waals surface area (Å²) in [5, 5.41) is 13.6. The van der Waals surface area contributed by atoms with Gasteiger partial charge in [0.2, 0.25) is 0 Å². The molecule has 1 aliphatic rings. The van der Waals surface area contributed by atoms with Crippen molar-refractivity contribution in [3.63, 3.8) is 0 Å². The van der Waals surface area contributed by atoms with Crippen LogP contribution in [0.5, 0.6) is 0 Å². The molecule has 0 unspecified atom stereocenters. The van der Waals surface area contributed by atoms with Gasteiger partial charge in [-0.25, -0.2) is 0 Å². The molecule has 0 N–H and O–H groups in total. The van der Waals surface area contributed by atoms with E-state index in [1.165, 1.54) is 121 Å². The summed E-state index contributed by atoms with van der Waals surface area (Å²) in [6.45, 7) is 0. The molecule has 0 fully saturated rings. The van der Waals surface area contributed by atoms with Crippen LogP contribution in [0.4, 0.5) is 0 Å². The maximum Gasteiger partial charge on any atom is 0.0723 e. The van der Waals surface area contributed by atoms with Crippen molar-refractivity contribution in [1.29, 1.82) is 0 Å². The molecule has 0 saturated carbocycles. The van der Waals surface area contributed by atoms with Gasteiger partial charge < -0.3 is 4.57 Å². The number of pyridine rings is 1. The Morgan fingerprint density at radius 3 is 1.52 bits per heavy atom. The van der Waals surface area contributed by atoms with E-state index in [4.69, 9.17) is 4.98 Å². The molecule has 0 aliphatic heterocycles. The third kappa shape index (κ3) is 4.92. The van der Waals surface area contributed by atoms with Crippen molar-refractivity contribution in [2.75, 3.05) is 0 Å². The lowest BCUT2D eigenvalue weighted by atomic mass is 9.82. The highest BCUT2D eigenvalue weighted by Gasteiger charge is 2.31. The van der Waals surface area contributed by atoms with Crippen molar-refractivity contribution >= 4 is 75.8 Å². The molecule has 2 heterocycles. The predicted octanol–water partition coefficient (Wildman–Crippen LogP) is 16.6. The van der Waals surface area contributed by atoms with Crippen molar-refractivity contribution in [1.82, 2.24) is 9.55 Å². The standard InChI is InChI=1S/C61H36N2/c1-3-14-40-34-42(26-24-37(40)12-1)56-48-17-5-6-18-49(48)57(43-27-25-38-13-2-4-15-41(38)35-43)60-52-33-32-45(47-20-11-21-51(58(47)52)59(56)60)39-28-30-44(31-29-39)63-55-23-10-8-16-46(55)53-36-62-54-22-9-7-19-50(54)61(53)63/h1-36H. The molecule has 1 aliphatic carbocycles. The van der Waals surface area contributed by atoms with Crippen molar-refractivity contribution in [3.05, 3.63) is 219 Å². The van der Waals surface area contributed by atoms with Crippen LogP contribution in [-0.2, 0) is 0 Å². The number of fused-ring (bicyclic) bond motifs is 11. The zero-order valence-corrected chi connectivity index (χ0v) is 34.2. The fourth-order valence-electron chi connectivity index (χ4n) is 11.0. The van der Waals surface area contributed by atoms with Gasteiger partial charge in [-0.05, 0) is 135 Å². The minimum absolute atomic E-state index is 1.00. The van der Waals surface area contributed by atoms with E-state index in [-0.39, 0.29) is 0 Å². The van der Waals surface area contributed by atoms with E-state index in [2.05, 4.69) is 217 Å². The number of hydrogen-bond acceptors (Lipinski definition) is 1. The fourth-order valence-corrected chi connectivity index (χ4v) is 11.0. The Hall–Kier alpha value is -8.33. The van der Waals surface area contributed by atoms with Crippen LogP contribution < -0.4 is 0 Å². The molecule has 63 heavy (non-hydrogen) atoms. The summed E-state index contributed by atoms with van der Waals surface area (Å²) < 4.78 is 2.41. The van der Waals surface area contributed by atoms with Gasteiger partial charge in [0.05, 0.1) is 16.6 Å². The van der Waals surface area contributed by atoms with E-state index in [0.29, 0.717) is 0 Å². The Kier molecular flexibility index (Phi) is 7.14. The van der Waals surface area contributed by atoms with Crippen molar-refractivity contribution in [3.8, 4) is 61.3 Å². The topological polar surface area (TPSA) is 17.8 Å². The van der Waals surface area contributed by atoms with Crippen LogP contribution >= 0.6 is 0 Å². The van der Waals surface area contributed by atoms with Gasteiger partial charge in [0.15, 0.2) is 0 Å². The summed E-state index contributed by atoms with van der Waals surface area (Å²) in [7, 11) is 0. The summed E-state index contributed by atoms with van der Waals surface area (Å²) in [5.74, 6) is 0. The van der Waals surface area contributed by atoms with Gasteiger partial charge >= 0.3 is 0 Å². The van der Waals surface area contributed by atoms with Gasteiger partial charge in [0, 0.05) is 28.0 Å². The maximum atomic E-state index is 4.85. The van der Waals surface area contributed by atoms with E-state index < -0.39 is 0 Å². The minimum atomic E-state index is 1.00. The number of para-hydroxylation sites is 2. The van der Waals surface area contributed by atoms with Gasteiger partial charge in [0.1, 0.15) is 0 Å². The van der Waals surface area contributed by atoms with E-state index in [9.17, 15) is 0 Å². The highest BCUT2D eigenvalue weighted by Crippen LogP contribution is 2.58. The second-order valence-electron chi connectivity index (χ2n) is 17.0. The van der Waals surface area contributed by atoms with Gasteiger partial charge in [-0.2, -0.15) is 0 Å². The van der Waals surface area contributed by atoms with Gasteiger partial charge in [0.25, 0.3) is 0 Å². The molecule has 13 aromatic rings. The first kappa shape index (κ1) is 34.4. The molecule has 0 radical (unpaired) electrons. The second-order valence-corrected chi connectivity index (χ2v) is 17.0. The van der Waals surface area contributed by atoms with Crippen LogP contribution in [0, 0.1) is 0 Å². The van der Waals surface area contributed by atoms with Gasteiger partial charge in [-0.15, -0.1) is 0 Å². The summed E-state index contributed by atoms with van der Waals surface area (Å²) in [5.41, 5.74) is 17.2. The highest BCUT2D eigenvalue weighted by atomic mass is 15.0. The average molecular weight is 797 g/mol. The smallest absolute Gasteiger partial charge is 0.0723 e. The summed E-state index contributed by atoms with van der Waals surface area (Å²) in [4.78, 5) is 4.85. The molecule has 0 bridgehead atoms. The van der Waals surface area contributed by atoms with Crippen LogP contribution in [-0.4, -0.2) is 9.55 Å². The van der Waals surface area contributed by atoms with Crippen LogP contribution in [0.2, 0.25) is 0 Å². The molecular formula is C61H36N2. The third-order valence-electron chi connectivity index (χ3n) is 13.7. The predicted molar refractivity (Wildman–Crippen MR) is 267 cm³/mol. The Morgan fingerprint density at radius 2 is 0.841 bits per heavy atom. The Labute approximate surface area is 363 Å². The zero-order chi connectivity index (χ0) is 41.2. The van der Waals surface area contributed by atoms with E-state index in [1.54, 1.807) is 0 Å². The highest BCUT2D eigenvalue weighted by molar-refractivity contribution is 6.29. The normalized spacial score (nSPS) is 12.1. The Bertz CT molecular complexity index is 3940. The fraction of sp³-hybridized carbons (Fsp3) is 0. The number of hydrogen-bond donors (Lipinski definition) is 0. The molecule has 14 rings (SSSR count). The van der Waals surface area contributed by atoms with Crippen LogP contribution in [0.15, 0.2) is 219 Å². The first-order chi connectivity index (χ1) is 31.3. The maximum absolute atomic E-state index is 4.85. The Morgan fingerprint density at radius 1 is 0.317 bits per heavy atom. The first-order valence-electron chi connectivity index (χ1n) is 21.8. The quantitative estimate of drug-likeness (QED) is 0.173. The minimum Gasteiger partial charge on any atom is -0.309 e. The molecule has 2 aromatic heterocycles. The molecule has 2 nitrogen and oxygen atoms in total. The first-order valence-corrected chi connectivity index (χ1v) is 21.8. The van der Waals surface area contributed by atoms with E-state index >= 15 is 0 Å². The summed E-state index contributed by atoms with van der Waals surface area (Å²) in [6.07, 6.45) is 2.04. The largest absolute Gasteiger partial charge is 0.309 e. The second kappa shape index (κ2) is 13.1. The van der Waals surface area contributed by atoms with Crippen LogP contribution in [0.3, 0.4) is 0 Å². The molecule has 0 amide bonds. The zero-order valence-electron chi connectivity index (χ0n) is 34.2. The molecule has 0 atom stereocenters. The molecule has 0 saturated heterocycles. The van der Waals surface area contributed by atoms with Crippen molar-refractivity contribution in [2.45, 2.75) is 0 Å². The van der Waals surface area contributed by atoms with Crippen molar-refractivity contribution < 1.29 is 0 Å². The lowest BCUT2D eigenvalue weighted by Crippen LogP contribution is -1.95. The third-order valence-corrected chi connectivity index (χ3v) is 13.7. The molecule has 0 spiro atoms. The molecule has 290 valence electrons. The van der Waals surface area contributed by atoms with E-state index in [1.807, 2.05) is 6.20 Å². The molecular weight excluding hydrogens is 761 g/mol. The summed E-state index contributed by atoms with van der Waals surface area (Å²) >= 11 is 0. The van der Waals surface area contributed by atoms with Crippen LogP contribution in [0.1, 0.15) is 0 Å². The SMILES string of the molecule is c1ccc2cc(-c3c4c(c(-c5ccc6ccccc6c5)c5ccccc35)-c3ccc(-c5ccc(-n6c7ccccc7c7cnc8ccccc8c76)cc5)c5cccc-4c35)ccc2c1. The summed E-state index contributed by atoms with van der Waals surface area (Å²) in [6, 6.07) is 78.5. The number of nitrogens with zero attached hydrogens (tertiary/aromatic N) is 2. The average Bonchev–Trinajstić information content (AvgIpc) is 3.87. The van der Waals surface area contributed by atoms with Crippen molar-refractivity contribution in [2.24, 2.45) is 0 Å². The van der Waals surface area contributed by atoms with Crippen LogP contribution in [0.25, 0.3) is 137 Å². The Balaban J connectivity index is 1.01. The lowest BCUT2D eigenvalue weighted by Gasteiger charge is -2.21. The number of rotatable bonds is 4. The number of aromatic nitrogens is 2. The monoisotopic (exact) mass is 796 g/mol. The number of benzene rings is 11. The van der Waals surface area contributed by atoms with E-state index in [0.717, 1.165) is 16.6 Å².